The van der Waals surface area contributed by atoms with Gasteiger partial charge in [-0.2, -0.15) is 0 Å². The number of imidazole rings is 1. The summed E-state index contributed by atoms with van der Waals surface area (Å²) in [6.45, 7) is 7.38. The zero-order chi connectivity index (χ0) is 25.3. The molecule has 0 aliphatic carbocycles. The van der Waals surface area contributed by atoms with Crippen molar-refractivity contribution in [1.82, 2.24) is 14.9 Å². The number of nitrogens with two attached hydrogens (primary N) is 1. The predicted octanol–water partition coefficient (Wildman–Crippen LogP) is 4.05. The first-order valence-electron chi connectivity index (χ1n) is 11.8. The second kappa shape index (κ2) is 17.1. The van der Waals surface area contributed by atoms with Crippen LogP contribution in [0.1, 0.15) is 39.4 Å². The van der Waals surface area contributed by atoms with Gasteiger partial charge in [-0.3, -0.25) is 4.79 Å². The maximum absolute atomic E-state index is 12.7. The number of anilines is 1. The summed E-state index contributed by atoms with van der Waals surface area (Å²) in [5.41, 5.74) is 9.03. The summed E-state index contributed by atoms with van der Waals surface area (Å²) in [5.74, 6) is 1.28. The van der Waals surface area contributed by atoms with Gasteiger partial charge in [0.25, 0.3) is 0 Å². The van der Waals surface area contributed by atoms with Crippen molar-refractivity contribution in [3.63, 3.8) is 0 Å². The largest absolute Gasteiger partial charge is 0.464 e. The quantitative estimate of drug-likeness (QED) is 0.256. The number of aromatic nitrogens is 2. The Morgan fingerprint density at radius 3 is 2.39 bits per heavy atom. The van der Waals surface area contributed by atoms with Gasteiger partial charge in [-0.1, -0.05) is 13.8 Å². The normalized spacial score (nSPS) is 12.4. The van der Waals surface area contributed by atoms with E-state index in [4.69, 9.17) is 38.7 Å². The van der Waals surface area contributed by atoms with E-state index in [9.17, 15) is 9.59 Å². The Morgan fingerprint density at radius 2 is 1.83 bits per heavy atom. The molecular weight excluding hydrogens is 548 g/mol. The molecule has 0 radical (unpaired) electrons. The molecule has 0 aliphatic rings. The number of esters is 1. The molecule has 206 valence electrons. The topological polar surface area (TPSA) is 102 Å². The molecule has 1 heterocycles. The van der Waals surface area contributed by atoms with E-state index >= 15 is 0 Å². The second-order valence-electron chi connectivity index (χ2n) is 8.71. The van der Waals surface area contributed by atoms with Crippen molar-refractivity contribution in [2.24, 2.45) is 18.7 Å². The van der Waals surface area contributed by atoms with E-state index in [1.165, 1.54) is 0 Å². The number of halogens is 4. The minimum absolute atomic E-state index is 0. The molecule has 0 fully saturated rings. The van der Waals surface area contributed by atoms with Gasteiger partial charge < -0.3 is 25.3 Å². The van der Waals surface area contributed by atoms with Gasteiger partial charge in [0.2, 0.25) is 5.91 Å². The molecule has 0 saturated carbocycles. The van der Waals surface area contributed by atoms with Crippen molar-refractivity contribution in [1.29, 1.82) is 0 Å². The van der Waals surface area contributed by atoms with E-state index in [2.05, 4.69) is 10.2 Å². The van der Waals surface area contributed by atoms with Crippen LogP contribution in [0.25, 0.3) is 11.0 Å². The van der Waals surface area contributed by atoms with Crippen molar-refractivity contribution in [2.75, 3.05) is 36.4 Å². The molecule has 0 unspecified atom stereocenters. The van der Waals surface area contributed by atoms with Crippen molar-refractivity contribution in [3.05, 3.63) is 24.0 Å². The fraction of sp³-hybridized carbons (Fsp3) is 0.625. The molecular formula is C24H39Cl4N5O3. The first kappa shape index (κ1) is 34.6. The van der Waals surface area contributed by atoms with Crippen LogP contribution in [0.5, 0.6) is 0 Å². The van der Waals surface area contributed by atoms with E-state index in [-0.39, 0.29) is 43.2 Å². The third-order valence-corrected chi connectivity index (χ3v) is 5.98. The Balaban J connectivity index is 0.00000612. The molecule has 1 aromatic carbocycles. The van der Waals surface area contributed by atoms with Gasteiger partial charge in [0.15, 0.2) is 0 Å². The number of benzene rings is 1. The van der Waals surface area contributed by atoms with E-state index < -0.39 is 18.1 Å². The van der Waals surface area contributed by atoms with Crippen molar-refractivity contribution in [2.45, 2.75) is 52.1 Å². The highest BCUT2D eigenvalue weighted by atomic mass is 35.5. The van der Waals surface area contributed by atoms with Crippen molar-refractivity contribution >= 4 is 76.6 Å². The van der Waals surface area contributed by atoms with Crippen LogP contribution in [0, 0.1) is 5.92 Å². The second-order valence-corrected chi connectivity index (χ2v) is 9.47. The van der Waals surface area contributed by atoms with Gasteiger partial charge in [-0.05, 0) is 43.9 Å². The highest BCUT2D eigenvalue weighted by Crippen LogP contribution is 2.23. The van der Waals surface area contributed by atoms with Crippen LogP contribution in [0.2, 0.25) is 0 Å². The molecule has 0 spiro atoms. The molecule has 3 N–H and O–H groups in total. The predicted molar refractivity (Wildman–Crippen MR) is 153 cm³/mol. The van der Waals surface area contributed by atoms with Crippen molar-refractivity contribution < 1.29 is 14.3 Å². The first-order valence-corrected chi connectivity index (χ1v) is 12.8. The molecule has 2 aromatic rings. The zero-order valence-electron chi connectivity index (χ0n) is 21.3. The Hall–Kier alpha value is -1.45. The number of hydrogen-bond donors (Lipinski definition) is 2. The minimum Gasteiger partial charge on any atom is -0.464 e. The molecule has 1 amide bonds. The first-order chi connectivity index (χ1) is 16.2. The highest BCUT2D eigenvalue weighted by Gasteiger charge is 2.26. The maximum Gasteiger partial charge on any atom is 0.328 e. The number of hydrogen-bond acceptors (Lipinski definition) is 6. The third-order valence-electron chi connectivity index (χ3n) is 5.64. The Morgan fingerprint density at radius 1 is 1.19 bits per heavy atom. The molecule has 2 atom stereocenters. The van der Waals surface area contributed by atoms with Crippen LogP contribution in [0.3, 0.4) is 0 Å². The number of nitrogens with zero attached hydrogens (tertiary/aromatic N) is 3. The summed E-state index contributed by atoms with van der Waals surface area (Å²) in [6, 6.07) is 4.63. The van der Waals surface area contributed by atoms with Gasteiger partial charge in [0, 0.05) is 44.0 Å². The van der Waals surface area contributed by atoms with Crippen LogP contribution in [0.15, 0.2) is 18.2 Å². The van der Waals surface area contributed by atoms with Gasteiger partial charge in [-0.15, -0.1) is 48.0 Å². The average molecular weight is 587 g/mol. The van der Waals surface area contributed by atoms with Crippen LogP contribution in [0.4, 0.5) is 5.69 Å². The van der Waals surface area contributed by atoms with E-state index in [0.717, 1.165) is 22.5 Å². The number of carbonyl (C=O) groups excluding carboxylic acids is 2. The standard InChI is InChI=1S/C24H37Cl2N5O3.2ClH/c1-5-34-24(33)20(14-16(2)3)29-23(32)18(27)7-9-22-28-19-15-17(6-8-21(19)30(22)4)31(12-10-25)13-11-26;;/h6,8,15-16,18,20H,5,7,9-14,27H2,1-4H3,(H,29,32);2*1H/t18-,20-;;/m0../s1. The summed E-state index contributed by atoms with van der Waals surface area (Å²) >= 11 is 11.9. The number of carbonyl (C=O) groups is 2. The number of aryl methyl sites for hydroxylation is 2. The molecule has 1 aromatic heterocycles. The summed E-state index contributed by atoms with van der Waals surface area (Å²) in [4.78, 5) is 31.8. The highest BCUT2D eigenvalue weighted by molar-refractivity contribution is 6.18. The number of ether oxygens (including phenoxy) is 1. The Kier molecular flexibility index (Phi) is 16.4. The number of fused-ring (bicyclic) bond motifs is 1. The maximum atomic E-state index is 12.7. The molecule has 0 bridgehead atoms. The average Bonchev–Trinajstić information content (AvgIpc) is 3.11. The monoisotopic (exact) mass is 585 g/mol. The lowest BCUT2D eigenvalue weighted by Crippen LogP contribution is -2.49. The minimum atomic E-state index is -0.762. The molecule has 12 heteroatoms. The number of rotatable bonds is 14. The summed E-state index contributed by atoms with van der Waals surface area (Å²) < 4.78 is 7.11. The van der Waals surface area contributed by atoms with Gasteiger partial charge in [0.05, 0.1) is 23.7 Å². The fourth-order valence-corrected chi connectivity index (χ4v) is 4.26. The third kappa shape index (κ3) is 9.78. The van der Waals surface area contributed by atoms with Gasteiger partial charge in [0.1, 0.15) is 11.9 Å². The number of alkyl halides is 2. The summed E-state index contributed by atoms with van der Waals surface area (Å²) in [6.07, 6.45) is 1.42. The van der Waals surface area contributed by atoms with Crippen LogP contribution in [-0.2, 0) is 27.8 Å². The fourth-order valence-electron chi connectivity index (χ4n) is 3.86. The van der Waals surface area contributed by atoms with E-state index in [1.807, 2.05) is 43.7 Å². The molecule has 0 saturated heterocycles. The lowest BCUT2D eigenvalue weighted by atomic mass is 10.0. The zero-order valence-corrected chi connectivity index (χ0v) is 24.5. The van der Waals surface area contributed by atoms with E-state index in [1.54, 1.807) is 6.92 Å². The SMILES string of the molecule is CCOC(=O)[C@H](CC(C)C)NC(=O)[C@@H](N)CCc1nc2cc(N(CCCl)CCCl)ccc2n1C.Cl.Cl. The Bertz CT molecular complexity index is 951. The molecule has 2 rings (SSSR count). The number of amides is 1. The molecule has 36 heavy (non-hydrogen) atoms. The smallest absolute Gasteiger partial charge is 0.328 e. The Labute approximate surface area is 236 Å². The van der Waals surface area contributed by atoms with Crippen LogP contribution in [-0.4, -0.2) is 65.0 Å². The van der Waals surface area contributed by atoms with Crippen LogP contribution < -0.4 is 16.0 Å². The van der Waals surface area contributed by atoms with E-state index in [0.29, 0.717) is 44.1 Å². The van der Waals surface area contributed by atoms with Gasteiger partial charge in [-0.25, -0.2) is 9.78 Å². The van der Waals surface area contributed by atoms with Gasteiger partial charge >= 0.3 is 5.97 Å². The lowest BCUT2D eigenvalue weighted by molar-refractivity contribution is -0.148. The summed E-state index contributed by atoms with van der Waals surface area (Å²) in [5, 5.41) is 2.76. The van der Waals surface area contributed by atoms with Crippen molar-refractivity contribution in [3.8, 4) is 0 Å². The van der Waals surface area contributed by atoms with Crippen LogP contribution >= 0.6 is 48.0 Å². The molecule has 8 nitrogen and oxygen atoms in total. The summed E-state index contributed by atoms with van der Waals surface area (Å²) in [7, 11) is 1.95. The number of nitrogens with one attached hydrogen (secondary N) is 1. The molecule has 0 aliphatic heterocycles. The lowest BCUT2D eigenvalue weighted by Gasteiger charge is -2.22.